The second kappa shape index (κ2) is 5.46. The molecular formula is C15H12ClN3O2. The van der Waals surface area contributed by atoms with E-state index in [0.29, 0.717) is 22.6 Å². The maximum atomic E-state index is 11.3. The average Bonchev–Trinajstić information content (AvgIpc) is 2.46. The van der Waals surface area contributed by atoms with Crippen molar-refractivity contribution in [3.63, 3.8) is 0 Å². The first-order valence-electron chi connectivity index (χ1n) is 6.36. The quantitative estimate of drug-likeness (QED) is 0.650. The van der Waals surface area contributed by atoms with Crippen LogP contribution in [0, 0.1) is 0 Å². The van der Waals surface area contributed by atoms with Crippen LogP contribution in [0.2, 0.25) is 5.02 Å². The summed E-state index contributed by atoms with van der Waals surface area (Å²) in [5, 5.41) is 3.93. The molecule has 0 saturated heterocycles. The van der Waals surface area contributed by atoms with E-state index >= 15 is 0 Å². The molecule has 0 radical (unpaired) electrons. The van der Waals surface area contributed by atoms with Crippen LogP contribution in [-0.4, -0.2) is 9.97 Å². The largest absolute Gasteiger partial charge is 0.381 e. The first-order chi connectivity index (χ1) is 10.1. The Hall–Kier alpha value is -2.53. The highest BCUT2D eigenvalue weighted by Gasteiger charge is 2.01. The number of nitrogens with one attached hydrogen (secondary N) is 3. The molecule has 0 aliphatic heterocycles. The lowest BCUT2D eigenvalue weighted by Crippen LogP contribution is -2.28. The second-order valence-corrected chi connectivity index (χ2v) is 5.09. The van der Waals surface area contributed by atoms with Gasteiger partial charge in [-0.1, -0.05) is 23.7 Å². The second-order valence-electron chi connectivity index (χ2n) is 4.65. The highest BCUT2D eigenvalue weighted by atomic mass is 35.5. The van der Waals surface area contributed by atoms with E-state index in [2.05, 4.69) is 15.3 Å². The number of H-pyrrole nitrogens is 2. The SMILES string of the molecule is O=c1[nH]c2ccc(NCc3cccc(Cl)c3)cc2[nH]c1=O. The molecule has 0 aliphatic carbocycles. The van der Waals surface area contributed by atoms with Gasteiger partial charge in [0, 0.05) is 17.3 Å². The van der Waals surface area contributed by atoms with Crippen LogP contribution in [0.3, 0.4) is 0 Å². The highest BCUT2D eigenvalue weighted by Crippen LogP contribution is 2.16. The van der Waals surface area contributed by atoms with Crippen LogP contribution in [0.25, 0.3) is 11.0 Å². The van der Waals surface area contributed by atoms with E-state index in [0.717, 1.165) is 11.3 Å². The molecule has 5 nitrogen and oxygen atoms in total. The van der Waals surface area contributed by atoms with Gasteiger partial charge in [0.05, 0.1) is 11.0 Å². The molecule has 0 fully saturated rings. The molecule has 3 N–H and O–H groups in total. The number of rotatable bonds is 3. The standard InChI is InChI=1S/C15H12ClN3O2/c16-10-3-1-2-9(6-10)8-17-11-4-5-12-13(7-11)19-15(21)14(20)18-12/h1-7,17H,8H2,(H,18,20)(H,19,21). The smallest absolute Gasteiger partial charge is 0.314 e. The third-order valence-electron chi connectivity index (χ3n) is 3.11. The Morgan fingerprint density at radius 3 is 2.48 bits per heavy atom. The molecule has 0 bridgehead atoms. The Balaban J connectivity index is 1.86. The Kier molecular flexibility index (Phi) is 3.50. The van der Waals surface area contributed by atoms with Crippen molar-refractivity contribution in [3.05, 3.63) is 73.8 Å². The van der Waals surface area contributed by atoms with Gasteiger partial charge in [-0.05, 0) is 35.9 Å². The normalized spacial score (nSPS) is 10.7. The maximum absolute atomic E-state index is 11.3. The Morgan fingerprint density at radius 2 is 1.71 bits per heavy atom. The van der Waals surface area contributed by atoms with Crippen LogP contribution in [0.1, 0.15) is 5.56 Å². The summed E-state index contributed by atoms with van der Waals surface area (Å²) in [6.45, 7) is 0.611. The van der Waals surface area contributed by atoms with E-state index in [4.69, 9.17) is 11.6 Å². The predicted molar refractivity (Wildman–Crippen MR) is 84.0 cm³/mol. The summed E-state index contributed by atoms with van der Waals surface area (Å²) in [5.41, 5.74) is 1.75. The lowest BCUT2D eigenvalue weighted by molar-refractivity contribution is 1.13. The maximum Gasteiger partial charge on any atom is 0.314 e. The molecule has 6 heteroatoms. The van der Waals surface area contributed by atoms with E-state index in [1.54, 1.807) is 12.1 Å². The minimum atomic E-state index is -0.658. The highest BCUT2D eigenvalue weighted by molar-refractivity contribution is 6.30. The monoisotopic (exact) mass is 301 g/mol. The molecule has 1 aromatic heterocycles. The molecule has 106 valence electrons. The fraction of sp³-hybridized carbons (Fsp3) is 0.0667. The number of aromatic amines is 2. The van der Waals surface area contributed by atoms with E-state index in [9.17, 15) is 9.59 Å². The van der Waals surface area contributed by atoms with Gasteiger partial charge in [0.25, 0.3) is 0 Å². The predicted octanol–water partition coefficient (Wildman–Crippen LogP) is 2.48. The molecule has 0 aliphatic rings. The molecule has 3 rings (SSSR count). The zero-order chi connectivity index (χ0) is 14.8. The van der Waals surface area contributed by atoms with Crippen LogP contribution in [0.4, 0.5) is 5.69 Å². The minimum Gasteiger partial charge on any atom is -0.381 e. The summed E-state index contributed by atoms with van der Waals surface area (Å²) in [6, 6.07) is 12.9. The topological polar surface area (TPSA) is 77.8 Å². The first kappa shape index (κ1) is 13.5. The molecule has 0 amide bonds. The lowest BCUT2D eigenvalue weighted by atomic mass is 10.2. The van der Waals surface area contributed by atoms with Crippen LogP contribution >= 0.6 is 11.6 Å². The third kappa shape index (κ3) is 2.98. The molecule has 0 unspecified atom stereocenters. The average molecular weight is 302 g/mol. The van der Waals surface area contributed by atoms with Gasteiger partial charge in [0.15, 0.2) is 0 Å². The van der Waals surface area contributed by atoms with Crippen molar-refractivity contribution >= 4 is 28.3 Å². The van der Waals surface area contributed by atoms with Crippen LogP contribution < -0.4 is 16.4 Å². The Labute approximate surface area is 124 Å². The van der Waals surface area contributed by atoms with Crippen molar-refractivity contribution in [3.8, 4) is 0 Å². The van der Waals surface area contributed by atoms with Gasteiger partial charge in [-0.3, -0.25) is 9.59 Å². The van der Waals surface area contributed by atoms with Crippen LogP contribution in [0.5, 0.6) is 0 Å². The fourth-order valence-electron chi connectivity index (χ4n) is 2.08. The van der Waals surface area contributed by atoms with Gasteiger partial charge >= 0.3 is 11.1 Å². The number of fused-ring (bicyclic) bond motifs is 1. The van der Waals surface area contributed by atoms with E-state index < -0.39 is 11.1 Å². The van der Waals surface area contributed by atoms with Gasteiger partial charge < -0.3 is 15.3 Å². The van der Waals surface area contributed by atoms with Gasteiger partial charge in [-0.15, -0.1) is 0 Å². The zero-order valence-electron chi connectivity index (χ0n) is 10.9. The molecule has 0 atom stereocenters. The van der Waals surface area contributed by atoms with Gasteiger partial charge in [0.1, 0.15) is 0 Å². The molecule has 0 saturated carbocycles. The summed E-state index contributed by atoms with van der Waals surface area (Å²) in [5.74, 6) is 0. The summed E-state index contributed by atoms with van der Waals surface area (Å²) in [4.78, 5) is 27.6. The number of anilines is 1. The lowest BCUT2D eigenvalue weighted by Gasteiger charge is -2.08. The molecule has 3 aromatic rings. The zero-order valence-corrected chi connectivity index (χ0v) is 11.7. The number of hydrogen-bond acceptors (Lipinski definition) is 3. The van der Waals surface area contributed by atoms with Crippen molar-refractivity contribution in [2.45, 2.75) is 6.54 Å². The Bertz CT molecular complexity index is 914. The number of halogens is 1. The van der Waals surface area contributed by atoms with Crippen molar-refractivity contribution in [1.82, 2.24) is 9.97 Å². The van der Waals surface area contributed by atoms with Crippen molar-refractivity contribution in [1.29, 1.82) is 0 Å². The minimum absolute atomic E-state index is 0.579. The van der Waals surface area contributed by atoms with E-state index in [1.807, 2.05) is 30.3 Å². The molecule has 0 spiro atoms. The number of aromatic nitrogens is 2. The van der Waals surface area contributed by atoms with Crippen molar-refractivity contribution in [2.24, 2.45) is 0 Å². The van der Waals surface area contributed by atoms with E-state index in [1.165, 1.54) is 0 Å². The van der Waals surface area contributed by atoms with Gasteiger partial charge in [-0.2, -0.15) is 0 Å². The number of benzene rings is 2. The van der Waals surface area contributed by atoms with Crippen LogP contribution in [-0.2, 0) is 6.54 Å². The third-order valence-corrected chi connectivity index (χ3v) is 3.34. The molecule has 21 heavy (non-hydrogen) atoms. The van der Waals surface area contributed by atoms with Gasteiger partial charge in [0.2, 0.25) is 0 Å². The first-order valence-corrected chi connectivity index (χ1v) is 6.74. The molecular weight excluding hydrogens is 290 g/mol. The van der Waals surface area contributed by atoms with Crippen molar-refractivity contribution in [2.75, 3.05) is 5.32 Å². The summed E-state index contributed by atoms with van der Waals surface area (Å²) < 4.78 is 0. The van der Waals surface area contributed by atoms with Crippen molar-refractivity contribution < 1.29 is 0 Å². The number of hydrogen-bond donors (Lipinski definition) is 3. The summed E-state index contributed by atoms with van der Waals surface area (Å²) in [6.07, 6.45) is 0. The van der Waals surface area contributed by atoms with Gasteiger partial charge in [-0.25, -0.2) is 0 Å². The fourth-order valence-corrected chi connectivity index (χ4v) is 2.29. The Morgan fingerprint density at radius 1 is 0.952 bits per heavy atom. The molecule has 1 heterocycles. The summed E-state index contributed by atoms with van der Waals surface area (Å²) >= 11 is 5.94. The summed E-state index contributed by atoms with van der Waals surface area (Å²) in [7, 11) is 0. The van der Waals surface area contributed by atoms with Crippen LogP contribution in [0.15, 0.2) is 52.1 Å². The van der Waals surface area contributed by atoms with E-state index in [-0.39, 0.29) is 0 Å². The molecule has 2 aromatic carbocycles.